The summed E-state index contributed by atoms with van der Waals surface area (Å²) in [6.45, 7) is 1.54. The van der Waals surface area contributed by atoms with Gasteiger partial charge in [-0.3, -0.25) is 0 Å². The minimum absolute atomic E-state index is 0.225. The van der Waals surface area contributed by atoms with E-state index in [-0.39, 0.29) is 24.0 Å². The van der Waals surface area contributed by atoms with Crippen LogP contribution < -0.4 is 14.8 Å². The van der Waals surface area contributed by atoms with Gasteiger partial charge in [0.2, 0.25) is 10.0 Å². The Balaban J connectivity index is 1.54. The van der Waals surface area contributed by atoms with Crippen LogP contribution in [0.1, 0.15) is 5.56 Å². The van der Waals surface area contributed by atoms with Gasteiger partial charge in [-0.15, -0.1) is 0 Å². The molecule has 9 heteroatoms. The van der Waals surface area contributed by atoms with Gasteiger partial charge in [-0.05, 0) is 29.8 Å². The SMILES string of the molecule is COc1ccc(CNC(=O)N2CCN(S(=O)(=O)c3ccccc3)CC2)cc1OC. The molecule has 0 radical (unpaired) electrons. The molecule has 156 valence electrons. The molecule has 0 spiro atoms. The van der Waals surface area contributed by atoms with Gasteiger partial charge in [0.05, 0.1) is 19.1 Å². The van der Waals surface area contributed by atoms with Crippen molar-refractivity contribution in [1.82, 2.24) is 14.5 Å². The average Bonchev–Trinajstić information content (AvgIpc) is 2.77. The van der Waals surface area contributed by atoms with E-state index >= 15 is 0 Å². The third-order valence-electron chi connectivity index (χ3n) is 4.80. The second kappa shape index (κ2) is 9.15. The molecule has 2 aromatic carbocycles. The van der Waals surface area contributed by atoms with Crippen LogP contribution in [-0.4, -0.2) is 64.1 Å². The predicted octanol–water partition coefficient (Wildman–Crippen LogP) is 1.92. The minimum atomic E-state index is -3.53. The summed E-state index contributed by atoms with van der Waals surface area (Å²) in [4.78, 5) is 14.4. The number of methoxy groups -OCH3 is 2. The van der Waals surface area contributed by atoms with E-state index in [0.29, 0.717) is 31.1 Å². The van der Waals surface area contributed by atoms with Gasteiger partial charge in [0.25, 0.3) is 0 Å². The lowest BCUT2D eigenvalue weighted by molar-refractivity contribution is 0.172. The van der Waals surface area contributed by atoms with Crippen LogP contribution in [0.3, 0.4) is 0 Å². The largest absolute Gasteiger partial charge is 0.493 e. The number of carbonyl (C=O) groups is 1. The quantitative estimate of drug-likeness (QED) is 0.773. The number of hydrogen-bond acceptors (Lipinski definition) is 5. The van der Waals surface area contributed by atoms with Gasteiger partial charge in [-0.25, -0.2) is 13.2 Å². The lowest BCUT2D eigenvalue weighted by Gasteiger charge is -2.34. The Hall–Kier alpha value is -2.78. The molecule has 1 fully saturated rings. The topological polar surface area (TPSA) is 88.2 Å². The highest BCUT2D eigenvalue weighted by atomic mass is 32.2. The van der Waals surface area contributed by atoms with Crippen molar-refractivity contribution in [2.45, 2.75) is 11.4 Å². The molecule has 0 atom stereocenters. The maximum absolute atomic E-state index is 12.7. The van der Waals surface area contributed by atoms with Crippen molar-refractivity contribution < 1.29 is 22.7 Å². The fourth-order valence-corrected chi connectivity index (χ4v) is 4.60. The van der Waals surface area contributed by atoms with Crippen molar-refractivity contribution in [2.75, 3.05) is 40.4 Å². The molecule has 1 aliphatic rings. The molecular formula is C20H25N3O5S. The summed E-state index contributed by atoms with van der Waals surface area (Å²) in [6, 6.07) is 13.6. The number of nitrogens with zero attached hydrogens (tertiary/aromatic N) is 2. The molecular weight excluding hydrogens is 394 g/mol. The van der Waals surface area contributed by atoms with Crippen molar-refractivity contribution >= 4 is 16.1 Å². The minimum Gasteiger partial charge on any atom is -0.493 e. The molecule has 2 amide bonds. The maximum atomic E-state index is 12.7. The van der Waals surface area contributed by atoms with E-state index in [2.05, 4.69) is 5.32 Å². The van der Waals surface area contributed by atoms with Crippen LogP contribution in [0.4, 0.5) is 4.79 Å². The number of carbonyl (C=O) groups excluding carboxylic acids is 1. The summed E-state index contributed by atoms with van der Waals surface area (Å²) in [5, 5.41) is 2.87. The second-order valence-corrected chi connectivity index (χ2v) is 8.49. The first kappa shape index (κ1) is 20.9. The monoisotopic (exact) mass is 419 g/mol. The van der Waals surface area contributed by atoms with Gasteiger partial charge in [-0.1, -0.05) is 24.3 Å². The Morgan fingerprint density at radius 1 is 0.966 bits per heavy atom. The Morgan fingerprint density at radius 3 is 2.24 bits per heavy atom. The Kier molecular flexibility index (Phi) is 6.60. The number of urea groups is 1. The number of hydrogen-bond donors (Lipinski definition) is 1. The summed E-state index contributed by atoms with van der Waals surface area (Å²) < 4.78 is 37.2. The molecule has 1 N–H and O–H groups in total. The molecule has 0 saturated carbocycles. The Labute approximate surface area is 171 Å². The van der Waals surface area contributed by atoms with Gasteiger partial charge in [0.1, 0.15) is 0 Å². The second-order valence-electron chi connectivity index (χ2n) is 6.55. The number of benzene rings is 2. The molecule has 0 unspecified atom stereocenters. The van der Waals surface area contributed by atoms with Crippen LogP contribution in [-0.2, 0) is 16.6 Å². The Morgan fingerprint density at radius 2 is 1.62 bits per heavy atom. The summed E-state index contributed by atoms with van der Waals surface area (Å²) in [7, 11) is -0.406. The standard InChI is InChI=1S/C20H25N3O5S/c1-27-18-9-8-16(14-19(18)28-2)15-21-20(24)22-10-12-23(13-11-22)29(25,26)17-6-4-3-5-7-17/h3-9,14H,10-13,15H2,1-2H3,(H,21,24). The fraction of sp³-hybridized carbons (Fsp3) is 0.350. The van der Waals surface area contributed by atoms with E-state index < -0.39 is 10.0 Å². The van der Waals surface area contributed by atoms with Crippen LogP contribution in [0.25, 0.3) is 0 Å². The highest BCUT2D eigenvalue weighted by Gasteiger charge is 2.29. The van der Waals surface area contributed by atoms with E-state index in [1.54, 1.807) is 55.5 Å². The summed E-state index contributed by atoms with van der Waals surface area (Å²) >= 11 is 0. The van der Waals surface area contributed by atoms with Gasteiger partial charge in [0.15, 0.2) is 11.5 Å². The number of amides is 2. The number of nitrogens with one attached hydrogen (secondary N) is 1. The van der Waals surface area contributed by atoms with Crippen molar-refractivity contribution in [3.63, 3.8) is 0 Å². The van der Waals surface area contributed by atoms with Crippen molar-refractivity contribution in [2.24, 2.45) is 0 Å². The van der Waals surface area contributed by atoms with E-state index in [1.807, 2.05) is 12.1 Å². The van der Waals surface area contributed by atoms with Crippen LogP contribution >= 0.6 is 0 Å². The van der Waals surface area contributed by atoms with E-state index in [4.69, 9.17) is 9.47 Å². The van der Waals surface area contributed by atoms with Crippen LogP contribution in [0.2, 0.25) is 0 Å². The van der Waals surface area contributed by atoms with Crippen LogP contribution in [0.15, 0.2) is 53.4 Å². The van der Waals surface area contributed by atoms with Gasteiger partial charge >= 0.3 is 6.03 Å². The first-order valence-electron chi connectivity index (χ1n) is 9.24. The molecule has 0 bridgehead atoms. The molecule has 8 nitrogen and oxygen atoms in total. The molecule has 0 aromatic heterocycles. The maximum Gasteiger partial charge on any atom is 0.317 e. The third-order valence-corrected chi connectivity index (χ3v) is 6.71. The van der Waals surface area contributed by atoms with E-state index in [1.165, 1.54) is 4.31 Å². The third kappa shape index (κ3) is 4.80. The lowest BCUT2D eigenvalue weighted by atomic mass is 10.2. The zero-order chi connectivity index (χ0) is 20.9. The normalized spacial score (nSPS) is 15.0. The summed E-state index contributed by atoms with van der Waals surface area (Å²) in [6.07, 6.45) is 0. The fourth-order valence-electron chi connectivity index (χ4n) is 3.15. The van der Waals surface area contributed by atoms with E-state index in [0.717, 1.165) is 5.56 Å². The predicted molar refractivity (Wildman–Crippen MR) is 109 cm³/mol. The molecule has 0 aliphatic carbocycles. The Bertz CT molecular complexity index is 942. The molecule has 1 saturated heterocycles. The molecule has 2 aromatic rings. The zero-order valence-corrected chi connectivity index (χ0v) is 17.3. The highest BCUT2D eigenvalue weighted by Crippen LogP contribution is 2.27. The average molecular weight is 420 g/mol. The molecule has 1 aliphatic heterocycles. The molecule has 1 heterocycles. The van der Waals surface area contributed by atoms with Gasteiger partial charge < -0.3 is 19.7 Å². The summed E-state index contributed by atoms with van der Waals surface area (Å²) in [5.41, 5.74) is 0.876. The number of piperazine rings is 1. The van der Waals surface area contributed by atoms with Crippen LogP contribution in [0.5, 0.6) is 11.5 Å². The van der Waals surface area contributed by atoms with Crippen molar-refractivity contribution in [3.05, 3.63) is 54.1 Å². The summed E-state index contributed by atoms with van der Waals surface area (Å²) in [5.74, 6) is 1.22. The smallest absolute Gasteiger partial charge is 0.317 e. The number of ether oxygens (including phenoxy) is 2. The van der Waals surface area contributed by atoms with E-state index in [9.17, 15) is 13.2 Å². The number of rotatable bonds is 6. The molecule has 3 rings (SSSR count). The first-order valence-corrected chi connectivity index (χ1v) is 10.7. The lowest BCUT2D eigenvalue weighted by Crippen LogP contribution is -2.52. The van der Waals surface area contributed by atoms with Crippen molar-refractivity contribution in [3.8, 4) is 11.5 Å². The van der Waals surface area contributed by atoms with Gasteiger partial charge in [-0.2, -0.15) is 4.31 Å². The zero-order valence-electron chi connectivity index (χ0n) is 16.5. The molecule has 29 heavy (non-hydrogen) atoms. The van der Waals surface area contributed by atoms with Crippen LogP contribution in [0, 0.1) is 0 Å². The number of sulfonamides is 1. The van der Waals surface area contributed by atoms with Crippen molar-refractivity contribution in [1.29, 1.82) is 0 Å². The van der Waals surface area contributed by atoms with Gasteiger partial charge in [0, 0.05) is 32.7 Å². The highest BCUT2D eigenvalue weighted by molar-refractivity contribution is 7.89. The first-order chi connectivity index (χ1) is 14.0.